The third kappa shape index (κ3) is 6.53. The topological polar surface area (TPSA) is 55.1 Å². The molecule has 5 nitrogen and oxygen atoms in total. The minimum atomic E-state index is -0.540. The van der Waals surface area contributed by atoms with E-state index in [9.17, 15) is 5.11 Å². The minimum absolute atomic E-state index is 0.288. The van der Waals surface area contributed by atoms with Crippen molar-refractivity contribution in [2.45, 2.75) is 45.6 Å². The molecule has 0 spiro atoms. The van der Waals surface area contributed by atoms with Crippen molar-refractivity contribution in [3.63, 3.8) is 0 Å². The monoisotopic (exact) mass is 347 g/mol. The van der Waals surface area contributed by atoms with Crippen molar-refractivity contribution < 1.29 is 19.0 Å². The van der Waals surface area contributed by atoms with Crippen LogP contribution in [-0.2, 0) is 17.9 Å². The fraction of sp³-hybridized carbons (Fsp3) is 0.500. The van der Waals surface area contributed by atoms with E-state index >= 15 is 0 Å². The number of aliphatic hydroxyl groups is 1. The number of methoxy groups -OCH3 is 1. The molecule has 25 heavy (non-hydrogen) atoms. The van der Waals surface area contributed by atoms with E-state index < -0.39 is 6.10 Å². The van der Waals surface area contributed by atoms with Crippen LogP contribution in [0.2, 0.25) is 0 Å². The minimum Gasteiger partial charge on any atom is -0.497 e. The number of ether oxygens (including phenoxy) is 2. The van der Waals surface area contributed by atoms with Crippen LogP contribution in [-0.4, -0.2) is 42.4 Å². The van der Waals surface area contributed by atoms with Gasteiger partial charge in [0.2, 0.25) is 0 Å². The van der Waals surface area contributed by atoms with Gasteiger partial charge in [0, 0.05) is 19.1 Å². The summed E-state index contributed by atoms with van der Waals surface area (Å²) in [6, 6.07) is 12.1. The van der Waals surface area contributed by atoms with E-state index in [1.54, 1.807) is 13.4 Å². The first-order chi connectivity index (χ1) is 12.1. The lowest BCUT2D eigenvalue weighted by molar-refractivity contribution is -0.00271. The van der Waals surface area contributed by atoms with Crippen LogP contribution < -0.4 is 4.74 Å². The van der Waals surface area contributed by atoms with Crippen LogP contribution in [0.5, 0.6) is 5.75 Å². The van der Waals surface area contributed by atoms with Crippen molar-refractivity contribution >= 4 is 0 Å². The highest BCUT2D eigenvalue weighted by molar-refractivity contribution is 5.27. The van der Waals surface area contributed by atoms with Gasteiger partial charge in [-0.1, -0.05) is 19.1 Å². The Morgan fingerprint density at radius 2 is 1.96 bits per heavy atom. The molecule has 0 fully saturated rings. The number of hydrogen-bond donors (Lipinski definition) is 1. The molecule has 2 atom stereocenters. The second-order valence-electron chi connectivity index (χ2n) is 6.28. The summed E-state index contributed by atoms with van der Waals surface area (Å²) in [7, 11) is 1.67. The fourth-order valence-electron chi connectivity index (χ4n) is 2.64. The van der Waals surface area contributed by atoms with Crippen molar-refractivity contribution in [1.82, 2.24) is 4.90 Å². The maximum atomic E-state index is 10.3. The van der Waals surface area contributed by atoms with Crippen LogP contribution >= 0.6 is 0 Å². The van der Waals surface area contributed by atoms with Gasteiger partial charge in [-0.05, 0) is 43.2 Å². The quantitative estimate of drug-likeness (QED) is 0.674. The van der Waals surface area contributed by atoms with E-state index in [1.807, 2.05) is 24.3 Å². The number of aliphatic hydroxyl groups excluding tert-OH is 1. The van der Waals surface area contributed by atoms with Crippen LogP contribution in [0.4, 0.5) is 0 Å². The Morgan fingerprint density at radius 3 is 2.56 bits per heavy atom. The molecule has 0 aliphatic heterocycles. The Hall–Kier alpha value is -1.82. The summed E-state index contributed by atoms with van der Waals surface area (Å²) in [5, 5.41) is 10.3. The second-order valence-corrected chi connectivity index (χ2v) is 6.28. The second kappa shape index (κ2) is 10.2. The first-order valence-electron chi connectivity index (χ1n) is 8.77. The van der Waals surface area contributed by atoms with Crippen LogP contribution in [0, 0.1) is 0 Å². The van der Waals surface area contributed by atoms with Gasteiger partial charge < -0.3 is 19.0 Å². The molecular formula is C20H29NO4. The average Bonchev–Trinajstić information content (AvgIpc) is 3.14. The number of benzene rings is 1. The van der Waals surface area contributed by atoms with Gasteiger partial charge >= 0.3 is 0 Å². The Kier molecular flexibility index (Phi) is 7.98. The van der Waals surface area contributed by atoms with Gasteiger partial charge in [0.15, 0.2) is 0 Å². The lowest BCUT2D eigenvalue weighted by Gasteiger charge is -2.30. The summed E-state index contributed by atoms with van der Waals surface area (Å²) in [6.07, 6.45) is 2.10. The summed E-state index contributed by atoms with van der Waals surface area (Å²) < 4.78 is 16.0. The van der Waals surface area contributed by atoms with Gasteiger partial charge in [0.05, 0.1) is 26.1 Å². The van der Waals surface area contributed by atoms with Crippen LogP contribution in [0.25, 0.3) is 0 Å². The third-order valence-corrected chi connectivity index (χ3v) is 4.34. The Labute approximate surface area is 150 Å². The van der Waals surface area contributed by atoms with Crippen molar-refractivity contribution in [1.29, 1.82) is 0 Å². The van der Waals surface area contributed by atoms with Crippen molar-refractivity contribution in [3.8, 4) is 5.75 Å². The zero-order chi connectivity index (χ0) is 18.1. The Bertz CT molecular complexity index is 582. The molecule has 0 saturated heterocycles. The molecule has 0 amide bonds. The van der Waals surface area contributed by atoms with E-state index in [4.69, 9.17) is 13.9 Å². The first-order valence-corrected chi connectivity index (χ1v) is 8.77. The van der Waals surface area contributed by atoms with Crippen LogP contribution in [0.1, 0.15) is 31.6 Å². The molecule has 1 heterocycles. The number of hydrogen-bond acceptors (Lipinski definition) is 5. The largest absolute Gasteiger partial charge is 0.497 e. The predicted molar refractivity (Wildman–Crippen MR) is 97.5 cm³/mol. The van der Waals surface area contributed by atoms with Gasteiger partial charge in [0.25, 0.3) is 0 Å². The molecule has 1 aromatic carbocycles. The Balaban J connectivity index is 1.85. The van der Waals surface area contributed by atoms with E-state index in [0.717, 1.165) is 24.5 Å². The molecular weight excluding hydrogens is 318 g/mol. The number of rotatable bonds is 11. The highest BCUT2D eigenvalue weighted by atomic mass is 16.5. The smallest absolute Gasteiger partial charge is 0.129 e. The standard InChI is InChI=1S/C20H29NO4/c1-4-16(2)21(12-17-7-9-19(23-3)10-8-17)13-18(22)14-24-15-20-6-5-11-25-20/h5-11,16,18,22H,4,12-15H2,1-3H3/t16-,18-/m0/s1. The van der Waals surface area contributed by atoms with Gasteiger partial charge in [-0.2, -0.15) is 0 Å². The van der Waals surface area contributed by atoms with Gasteiger partial charge in [-0.3, -0.25) is 4.90 Å². The summed E-state index contributed by atoms with van der Waals surface area (Å²) in [6.45, 7) is 6.36. The molecule has 0 unspecified atom stereocenters. The van der Waals surface area contributed by atoms with Gasteiger partial charge in [-0.15, -0.1) is 0 Å². The molecule has 138 valence electrons. The third-order valence-electron chi connectivity index (χ3n) is 4.34. The average molecular weight is 347 g/mol. The number of nitrogens with zero attached hydrogens (tertiary/aromatic N) is 1. The van der Waals surface area contributed by atoms with Crippen LogP contribution in [0.15, 0.2) is 47.1 Å². The SMILES string of the molecule is CC[C@H](C)N(Cc1ccc(OC)cc1)C[C@H](O)COCc1ccco1. The van der Waals surface area contributed by atoms with Gasteiger partial charge in [0.1, 0.15) is 18.1 Å². The molecule has 1 N–H and O–H groups in total. The Morgan fingerprint density at radius 1 is 1.20 bits per heavy atom. The van der Waals surface area contributed by atoms with Gasteiger partial charge in [-0.25, -0.2) is 0 Å². The molecule has 2 aromatic rings. The lowest BCUT2D eigenvalue weighted by Crippen LogP contribution is -2.39. The van der Waals surface area contributed by atoms with Crippen molar-refractivity contribution in [2.75, 3.05) is 20.3 Å². The van der Waals surface area contributed by atoms with E-state index in [2.05, 4.69) is 30.9 Å². The molecule has 1 aromatic heterocycles. The maximum absolute atomic E-state index is 10.3. The summed E-state index contributed by atoms with van der Waals surface area (Å²) >= 11 is 0. The normalized spacial score (nSPS) is 13.8. The molecule has 5 heteroatoms. The number of furan rings is 1. The highest BCUT2D eigenvalue weighted by Gasteiger charge is 2.17. The van der Waals surface area contributed by atoms with E-state index in [-0.39, 0.29) is 6.61 Å². The summed E-state index contributed by atoms with van der Waals surface area (Å²) in [4.78, 5) is 2.28. The van der Waals surface area contributed by atoms with E-state index in [1.165, 1.54) is 5.56 Å². The molecule has 0 saturated carbocycles. The zero-order valence-electron chi connectivity index (χ0n) is 15.4. The van der Waals surface area contributed by atoms with Crippen molar-refractivity contribution in [3.05, 3.63) is 54.0 Å². The maximum Gasteiger partial charge on any atom is 0.129 e. The molecule has 0 aliphatic carbocycles. The lowest BCUT2D eigenvalue weighted by atomic mass is 10.1. The molecule has 2 rings (SSSR count). The molecule has 0 aliphatic rings. The van der Waals surface area contributed by atoms with Crippen molar-refractivity contribution in [2.24, 2.45) is 0 Å². The predicted octanol–water partition coefficient (Wildman–Crippen LogP) is 3.47. The summed E-state index contributed by atoms with van der Waals surface area (Å²) in [5.41, 5.74) is 1.20. The van der Waals surface area contributed by atoms with Crippen LogP contribution in [0.3, 0.4) is 0 Å². The summed E-state index contributed by atoms with van der Waals surface area (Å²) in [5.74, 6) is 1.62. The highest BCUT2D eigenvalue weighted by Crippen LogP contribution is 2.16. The zero-order valence-corrected chi connectivity index (χ0v) is 15.4. The molecule has 0 bridgehead atoms. The molecule has 0 radical (unpaired) electrons. The van der Waals surface area contributed by atoms with E-state index in [0.29, 0.717) is 19.2 Å². The first kappa shape index (κ1) is 19.5. The fourth-order valence-corrected chi connectivity index (χ4v) is 2.64.